The van der Waals surface area contributed by atoms with Crippen molar-refractivity contribution >= 4 is 23.5 Å². The van der Waals surface area contributed by atoms with Crippen molar-refractivity contribution < 1.29 is 14.3 Å². The molecule has 3 nitrogen and oxygen atoms in total. The number of rotatable bonds is 7. The number of carbonyl (C=O) groups excluding carboxylic acids is 2. The van der Waals surface area contributed by atoms with Gasteiger partial charge in [-0.05, 0) is 6.92 Å². The van der Waals surface area contributed by atoms with Crippen LogP contribution in [-0.2, 0) is 9.53 Å². The molecule has 1 rings (SSSR count). The monoisotopic (exact) mass is 266 g/mol. The molecule has 0 aliphatic heterocycles. The molecule has 0 unspecified atom stereocenters. The largest absolute Gasteiger partial charge is 0.465 e. The van der Waals surface area contributed by atoms with Gasteiger partial charge < -0.3 is 4.74 Å². The summed E-state index contributed by atoms with van der Waals surface area (Å²) in [6.45, 7) is 4.06. The summed E-state index contributed by atoms with van der Waals surface area (Å²) >= 11 is 1.44. The van der Waals surface area contributed by atoms with E-state index in [2.05, 4.69) is 0 Å². The molecule has 1 aromatic rings. The maximum atomic E-state index is 12.0. The van der Waals surface area contributed by atoms with Gasteiger partial charge in [-0.1, -0.05) is 37.3 Å². The Morgan fingerprint density at radius 2 is 1.94 bits per heavy atom. The molecule has 1 atom stereocenters. The van der Waals surface area contributed by atoms with Gasteiger partial charge in [0.25, 0.3) is 0 Å². The van der Waals surface area contributed by atoms with Crippen LogP contribution in [0.15, 0.2) is 30.3 Å². The summed E-state index contributed by atoms with van der Waals surface area (Å²) in [4.78, 5) is 23.2. The summed E-state index contributed by atoms with van der Waals surface area (Å²) in [6, 6.07) is 9.22. The zero-order valence-corrected chi connectivity index (χ0v) is 11.5. The van der Waals surface area contributed by atoms with Crippen molar-refractivity contribution in [2.75, 3.05) is 18.1 Å². The van der Waals surface area contributed by atoms with Crippen molar-refractivity contribution in [3.63, 3.8) is 0 Å². The Morgan fingerprint density at radius 1 is 1.28 bits per heavy atom. The molecule has 1 aromatic carbocycles. The summed E-state index contributed by atoms with van der Waals surface area (Å²) in [7, 11) is 0. The van der Waals surface area contributed by atoms with Gasteiger partial charge in [0.2, 0.25) is 0 Å². The number of ketones is 1. The molecule has 0 amide bonds. The number of hydrogen-bond donors (Lipinski definition) is 0. The van der Waals surface area contributed by atoms with E-state index in [0.29, 0.717) is 18.1 Å². The Morgan fingerprint density at radius 3 is 2.56 bits per heavy atom. The average molecular weight is 266 g/mol. The third-order valence-electron chi connectivity index (χ3n) is 2.40. The van der Waals surface area contributed by atoms with E-state index in [0.717, 1.165) is 5.56 Å². The van der Waals surface area contributed by atoms with E-state index in [1.807, 2.05) is 37.3 Å². The number of hydrogen-bond acceptors (Lipinski definition) is 4. The van der Waals surface area contributed by atoms with Crippen LogP contribution in [0.2, 0.25) is 0 Å². The minimum Gasteiger partial charge on any atom is -0.465 e. The van der Waals surface area contributed by atoms with E-state index in [1.165, 1.54) is 11.8 Å². The van der Waals surface area contributed by atoms with Crippen LogP contribution in [0.25, 0.3) is 0 Å². The van der Waals surface area contributed by atoms with E-state index in [9.17, 15) is 9.59 Å². The Balaban J connectivity index is 2.35. The van der Waals surface area contributed by atoms with Crippen molar-refractivity contribution in [2.24, 2.45) is 5.92 Å². The first-order chi connectivity index (χ1) is 8.65. The fourth-order valence-corrected chi connectivity index (χ4v) is 2.36. The van der Waals surface area contributed by atoms with Gasteiger partial charge in [-0.3, -0.25) is 9.59 Å². The van der Waals surface area contributed by atoms with Crippen LogP contribution in [0, 0.1) is 5.92 Å². The van der Waals surface area contributed by atoms with E-state index in [1.54, 1.807) is 6.92 Å². The standard InChI is InChI=1S/C14H18O3S/c1-3-17-13(15)10-18-9-11(2)14(16)12-7-5-4-6-8-12/h4-8,11H,3,9-10H2,1-2H3/t11-/m1/s1. The molecule has 4 heteroatoms. The first kappa shape index (κ1) is 14.8. The van der Waals surface area contributed by atoms with Crippen molar-refractivity contribution in [1.82, 2.24) is 0 Å². The molecule has 0 radical (unpaired) electrons. The van der Waals surface area contributed by atoms with E-state index >= 15 is 0 Å². The van der Waals surface area contributed by atoms with Gasteiger partial charge in [0.1, 0.15) is 0 Å². The zero-order chi connectivity index (χ0) is 13.4. The molecular weight excluding hydrogens is 248 g/mol. The normalized spacial score (nSPS) is 11.9. The van der Waals surface area contributed by atoms with Crippen molar-refractivity contribution in [3.8, 4) is 0 Å². The second kappa shape index (κ2) is 7.93. The summed E-state index contributed by atoms with van der Waals surface area (Å²) in [5.41, 5.74) is 0.724. The Hall–Kier alpha value is -1.29. The second-order valence-electron chi connectivity index (χ2n) is 3.95. The lowest BCUT2D eigenvalue weighted by Crippen LogP contribution is -2.15. The Bertz CT molecular complexity index is 389. The van der Waals surface area contributed by atoms with Crippen LogP contribution in [0.4, 0.5) is 0 Å². The van der Waals surface area contributed by atoms with Gasteiger partial charge in [0.15, 0.2) is 5.78 Å². The number of benzene rings is 1. The summed E-state index contributed by atoms with van der Waals surface area (Å²) < 4.78 is 4.82. The number of thioether (sulfide) groups is 1. The highest BCUT2D eigenvalue weighted by atomic mass is 32.2. The summed E-state index contributed by atoms with van der Waals surface area (Å²) in [6.07, 6.45) is 0. The van der Waals surface area contributed by atoms with Crippen molar-refractivity contribution in [1.29, 1.82) is 0 Å². The molecule has 0 bridgehead atoms. The third kappa shape index (κ3) is 4.92. The number of esters is 1. The molecule has 0 aliphatic carbocycles. The summed E-state index contributed by atoms with van der Waals surface area (Å²) in [5, 5.41) is 0. The molecule has 0 saturated heterocycles. The maximum absolute atomic E-state index is 12.0. The van der Waals surface area contributed by atoms with E-state index in [-0.39, 0.29) is 17.7 Å². The van der Waals surface area contributed by atoms with E-state index in [4.69, 9.17) is 4.74 Å². The third-order valence-corrected chi connectivity index (χ3v) is 3.57. The molecule has 98 valence electrons. The number of carbonyl (C=O) groups is 2. The first-order valence-corrected chi connectivity index (χ1v) is 7.13. The molecular formula is C14H18O3S. The highest BCUT2D eigenvalue weighted by Crippen LogP contribution is 2.14. The van der Waals surface area contributed by atoms with Gasteiger partial charge in [-0.25, -0.2) is 0 Å². The molecule has 0 aromatic heterocycles. The lowest BCUT2D eigenvalue weighted by Gasteiger charge is -2.09. The summed E-state index contributed by atoms with van der Waals surface area (Å²) in [5.74, 6) is 0.743. The maximum Gasteiger partial charge on any atom is 0.315 e. The SMILES string of the molecule is CCOC(=O)CSC[C@@H](C)C(=O)c1ccccc1. The van der Waals surface area contributed by atoms with Crippen LogP contribution in [-0.4, -0.2) is 29.9 Å². The first-order valence-electron chi connectivity index (χ1n) is 5.97. The number of ether oxygens (including phenoxy) is 1. The van der Waals surface area contributed by atoms with Gasteiger partial charge in [-0.2, -0.15) is 0 Å². The zero-order valence-electron chi connectivity index (χ0n) is 10.7. The minimum atomic E-state index is -0.220. The van der Waals surface area contributed by atoms with Gasteiger partial charge in [0.05, 0.1) is 12.4 Å². The van der Waals surface area contributed by atoms with Crippen molar-refractivity contribution in [3.05, 3.63) is 35.9 Å². The predicted molar refractivity (Wildman–Crippen MR) is 73.9 cm³/mol. The number of Topliss-reactive ketones (excluding diaryl/α,β-unsaturated/α-hetero) is 1. The highest BCUT2D eigenvalue weighted by molar-refractivity contribution is 7.99. The molecule has 0 saturated carbocycles. The lowest BCUT2D eigenvalue weighted by atomic mass is 10.0. The quantitative estimate of drug-likeness (QED) is 0.562. The predicted octanol–water partition coefficient (Wildman–Crippen LogP) is 2.80. The molecule has 0 fully saturated rings. The van der Waals surface area contributed by atoms with Gasteiger partial charge in [-0.15, -0.1) is 11.8 Å². The molecule has 0 heterocycles. The second-order valence-corrected chi connectivity index (χ2v) is 4.98. The van der Waals surface area contributed by atoms with Crippen LogP contribution >= 0.6 is 11.8 Å². The highest BCUT2D eigenvalue weighted by Gasteiger charge is 2.15. The van der Waals surface area contributed by atoms with Crippen LogP contribution in [0.3, 0.4) is 0 Å². The van der Waals surface area contributed by atoms with Crippen molar-refractivity contribution in [2.45, 2.75) is 13.8 Å². The molecule has 0 spiro atoms. The van der Waals surface area contributed by atoms with Crippen LogP contribution in [0.5, 0.6) is 0 Å². The van der Waals surface area contributed by atoms with Crippen LogP contribution in [0.1, 0.15) is 24.2 Å². The fraction of sp³-hybridized carbons (Fsp3) is 0.429. The average Bonchev–Trinajstić information content (AvgIpc) is 2.39. The lowest BCUT2D eigenvalue weighted by molar-refractivity contribution is -0.139. The van der Waals surface area contributed by atoms with Crippen LogP contribution < -0.4 is 0 Å². The molecule has 0 N–H and O–H groups in total. The Labute approximate surface area is 112 Å². The smallest absolute Gasteiger partial charge is 0.315 e. The molecule has 0 aliphatic rings. The van der Waals surface area contributed by atoms with Gasteiger partial charge in [0, 0.05) is 17.2 Å². The minimum absolute atomic E-state index is 0.0909. The Kier molecular flexibility index (Phi) is 6.50. The van der Waals surface area contributed by atoms with E-state index < -0.39 is 0 Å². The molecule has 18 heavy (non-hydrogen) atoms. The van der Waals surface area contributed by atoms with Gasteiger partial charge >= 0.3 is 5.97 Å². The fourth-order valence-electron chi connectivity index (χ4n) is 1.48. The topological polar surface area (TPSA) is 43.4 Å².